The Morgan fingerprint density at radius 2 is 2.42 bits per heavy atom. The van der Waals surface area contributed by atoms with Crippen LogP contribution in [0.15, 0.2) is 5.51 Å². The van der Waals surface area contributed by atoms with E-state index in [1.54, 1.807) is 11.3 Å². The van der Waals surface area contributed by atoms with E-state index in [0.29, 0.717) is 12.1 Å². The summed E-state index contributed by atoms with van der Waals surface area (Å²) >= 11 is 1.76. The molecular formula is C14H22N2O2S. The molecular weight excluding hydrogens is 260 g/mol. The lowest BCUT2D eigenvalue weighted by Crippen LogP contribution is -2.42. The molecule has 1 aliphatic carbocycles. The minimum atomic E-state index is 0.251. The summed E-state index contributed by atoms with van der Waals surface area (Å²) in [6.07, 6.45) is 2.87. The standard InChI is InChI=1S/C14H22N2O2S/c1-3-17-14-11-4-5-12(14)18-7-6-16(11)8-13-10(2)15-9-19-13/h9,11-12,14H,3-8H2,1-2H3/t11-,12-,14+/m1/s1. The summed E-state index contributed by atoms with van der Waals surface area (Å²) in [5.74, 6) is 0. The molecule has 1 aromatic heterocycles. The highest BCUT2D eigenvalue weighted by molar-refractivity contribution is 7.09. The second-order valence-electron chi connectivity index (χ2n) is 5.31. The molecule has 19 heavy (non-hydrogen) atoms. The summed E-state index contributed by atoms with van der Waals surface area (Å²) in [6.45, 7) is 7.75. The molecule has 3 rings (SSSR count). The van der Waals surface area contributed by atoms with Gasteiger partial charge in [-0.15, -0.1) is 11.3 Å². The van der Waals surface area contributed by atoms with Crippen molar-refractivity contribution in [3.63, 3.8) is 0 Å². The molecule has 0 aromatic carbocycles. The molecule has 1 saturated heterocycles. The van der Waals surface area contributed by atoms with E-state index in [1.807, 2.05) is 5.51 Å². The van der Waals surface area contributed by atoms with Crippen LogP contribution in [0.2, 0.25) is 0 Å². The third kappa shape index (κ3) is 2.70. The summed E-state index contributed by atoms with van der Waals surface area (Å²) in [6, 6.07) is 0.508. The molecule has 1 saturated carbocycles. The van der Waals surface area contributed by atoms with Gasteiger partial charge in [0, 0.05) is 30.6 Å². The van der Waals surface area contributed by atoms with Crippen molar-refractivity contribution in [2.45, 2.75) is 51.5 Å². The van der Waals surface area contributed by atoms with Gasteiger partial charge in [0.25, 0.3) is 0 Å². The molecule has 2 aliphatic rings. The molecule has 0 radical (unpaired) electrons. The highest BCUT2D eigenvalue weighted by atomic mass is 32.1. The van der Waals surface area contributed by atoms with Crippen molar-refractivity contribution in [2.24, 2.45) is 0 Å². The van der Waals surface area contributed by atoms with E-state index in [0.717, 1.165) is 38.4 Å². The van der Waals surface area contributed by atoms with E-state index in [2.05, 4.69) is 23.7 Å². The molecule has 2 fully saturated rings. The van der Waals surface area contributed by atoms with Gasteiger partial charge in [0.15, 0.2) is 0 Å². The van der Waals surface area contributed by atoms with E-state index >= 15 is 0 Å². The van der Waals surface area contributed by atoms with E-state index in [1.165, 1.54) is 11.3 Å². The molecule has 2 heterocycles. The second-order valence-corrected chi connectivity index (χ2v) is 6.24. The van der Waals surface area contributed by atoms with Crippen LogP contribution in [0.3, 0.4) is 0 Å². The fourth-order valence-corrected chi connectivity index (χ4v) is 4.04. The molecule has 106 valence electrons. The largest absolute Gasteiger partial charge is 0.374 e. The number of aryl methyl sites for hydroxylation is 1. The Morgan fingerprint density at radius 1 is 1.53 bits per heavy atom. The zero-order valence-electron chi connectivity index (χ0n) is 11.7. The van der Waals surface area contributed by atoms with Crippen molar-refractivity contribution in [3.8, 4) is 0 Å². The number of aromatic nitrogens is 1. The van der Waals surface area contributed by atoms with Crippen LogP contribution in [0.1, 0.15) is 30.3 Å². The van der Waals surface area contributed by atoms with Crippen molar-refractivity contribution in [3.05, 3.63) is 16.1 Å². The Bertz CT molecular complexity index is 423. The Balaban J connectivity index is 1.75. The molecule has 0 unspecified atom stereocenters. The lowest BCUT2D eigenvalue weighted by atomic mass is 10.1. The average molecular weight is 282 g/mol. The molecule has 4 nitrogen and oxygen atoms in total. The van der Waals surface area contributed by atoms with E-state index in [-0.39, 0.29) is 6.10 Å². The van der Waals surface area contributed by atoms with Gasteiger partial charge in [0.05, 0.1) is 30.0 Å². The zero-order chi connectivity index (χ0) is 13.2. The SMILES string of the molecule is CCO[C@H]1[C@H]2CC[C@H]1OCCN2Cc1scnc1C. The predicted octanol–water partition coefficient (Wildman–Crippen LogP) is 2.22. The first-order chi connectivity index (χ1) is 9.29. The number of thiazole rings is 1. The minimum Gasteiger partial charge on any atom is -0.374 e. The van der Waals surface area contributed by atoms with Crippen LogP contribution >= 0.6 is 11.3 Å². The van der Waals surface area contributed by atoms with Gasteiger partial charge >= 0.3 is 0 Å². The maximum absolute atomic E-state index is 5.96. The first kappa shape index (κ1) is 13.5. The van der Waals surface area contributed by atoms with Crippen molar-refractivity contribution in [1.29, 1.82) is 0 Å². The smallest absolute Gasteiger partial charge is 0.0991 e. The van der Waals surface area contributed by atoms with E-state index < -0.39 is 0 Å². The summed E-state index contributed by atoms with van der Waals surface area (Å²) in [5, 5.41) is 0. The number of fused-ring (bicyclic) bond motifs is 2. The number of hydrogen-bond acceptors (Lipinski definition) is 5. The molecule has 3 atom stereocenters. The third-order valence-corrected chi connectivity index (χ3v) is 5.14. The first-order valence-corrected chi connectivity index (χ1v) is 8.03. The van der Waals surface area contributed by atoms with Crippen molar-refractivity contribution >= 4 is 11.3 Å². The highest BCUT2D eigenvalue weighted by Gasteiger charge is 2.42. The molecule has 0 amide bonds. The average Bonchev–Trinajstić information content (AvgIpc) is 2.90. The predicted molar refractivity (Wildman–Crippen MR) is 75.4 cm³/mol. The lowest BCUT2D eigenvalue weighted by molar-refractivity contribution is -0.0498. The minimum absolute atomic E-state index is 0.251. The summed E-state index contributed by atoms with van der Waals surface area (Å²) < 4.78 is 11.9. The molecule has 5 heteroatoms. The van der Waals surface area contributed by atoms with Gasteiger partial charge in [-0.2, -0.15) is 0 Å². The number of hydrogen-bond donors (Lipinski definition) is 0. The van der Waals surface area contributed by atoms with E-state index in [4.69, 9.17) is 9.47 Å². The zero-order valence-corrected chi connectivity index (χ0v) is 12.5. The van der Waals surface area contributed by atoms with Gasteiger partial charge in [0.1, 0.15) is 0 Å². The summed E-state index contributed by atoms with van der Waals surface area (Å²) in [4.78, 5) is 8.26. The van der Waals surface area contributed by atoms with Crippen LogP contribution in [-0.2, 0) is 16.0 Å². The Kier molecular flexibility index (Phi) is 4.17. The van der Waals surface area contributed by atoms with Gasteiger partial charge in [-0.25, -0.2) is 4.98 Å². The quantitative estimate of drug-likeness (QED) is 0.848. The molecule has 1 aliphatic heterocycles. The number of rotatable bonds is 4. The normalized spacial score (nSPS) is 31.6. The maximum Gasteiger partial charge on any atom is 0.0991 e. The van der Waals surface area contributed by atoms with Crippen LogP contribution in [0, 0.1) is 6.92 Å². The topological polar surface area (TPSA) is 34.6 Å². The van der Waals surface area contributed by atoms with Crippen molar-refractivity contribution < 1.29 is 9.47 Å². The number of ether oxygens (including phenoxy) is 2. The third-order valence-electron chi connectivity index (χ3n) is 4.22. The Labute approximate surface area is 118 Å². The maximum atomic E-state index is 5.96. The fourth-order valence-electron chi connectivity index (χ4n) is 3.24. The van der Waals surface area contributed by atoms with E-state index in [9.17, 15) is 0 Å². The molecule has 2 bridgehead atoms. The number of nitrogens with zero attached hydrogens (tertiary/aromatic N) is 2. The first-order valence-electron chi connectivity index (χ1n) is 7.15. The summed E-state index contributed by atoms with van der Waals surface area (Å²) in [7, 11) is 0. The van der Waals surface area contributed by atoms with Crippen molar-refractivity contribution in [1.82, 2.24) is 9.88 Å². The molecule has 0 N–H and O–H groups in total. The summed E-state index contributed by atoms with van der Waals surface area (Å²) in [5.41, 5.74) is 3.11. The van der Waals surface area contributed by atoms with Crippen LogP contribution in [0.5, 0.6) is 0 Å². The van der Waals surface area contributed by atoms with Crippen LogP contribution in [-0.4, -0.2) is 47.9 Å². The van der Waals surface area contributed by atoms with Gasteiger partial charge in [-0.05, 0) is 26.7 Å². The van der Waals surface area contributed by atoms with Crippen LogP contribution < -0.4 is 0 Å². The van der Waals surface area contributed by atoms with Gasteiger partial charge in [-0.1, -0.05) is 0 Å². The fraction of sp³-hybridized carbons (Fsp3) is 0.786. The Morgan fingerprint density at radius 3 is 3.16 bits per heavy atom. The van der Waals surface area contributed by atoms with Crippen LogP contribution in [0.4, 0.5) is 0 Å². The molecule has 0 spiro atoms. The Hall–Kier alpha value is -0.490. The monoisotopic (exact) mass is 282 g/mol. The van der Waals surface area contributed by atoms with Crippen molar-refractivity contribution in [2.75, 3.05) is 19.8 Å². The highest BCUT2D eigenvalue weighted by Crippen LogP contribution is 2.33. The second kappa shape index (κ2) is 5.87. The van der Waals surface area contributed by atoms with Gasteiger partial charge < -0.3 is 9.47 Å². The van der Waals surface area contributed by atoms with Gasteiger partial charge in [0.2, 0.25) is 0 Å². The van der Waals surface area contributed by atoms with Gasteiger partial charge in [-0.3, -0.25) is 4.90 Å². The lowest BCUT2D eigenvalue weighted by Gasteiger charge is -2.30. The van der Waals surface area contributed by atoms with Crippen LogP contribution in [0.25, 0.3) is 0 Å². The molecule has 1 aromatic rings.